The Morgan fingerprint density at radius 3 is 2.56 bits per heavy atom. The van der Waals surface area contributed by atoms with Crippen LogP contribution in [0.1, 0.15) is 16.6 Å². The molecule has 0 atom stereocenters. The predicted octanol–water partition coefficient (Wildman–Crippen LogP) is 5.21. The maximum Gasteiger partial charge on any atom is 0.261 e. The number of hydrogen-bond donors (Lipinski definition) is 2. The van der Waals surface area contributed by atoms with Crippen LogP contribution in [0.2, 0.25) is 0 Å². The number of amides is 2. The summed E-state index contributed by atoms with van der Waals surface area (Å²) in [5.41, 5.74) is 1.01. The van der Waals surface area contributed by atoms with Crippen molar-refractivity contribution >= 4 is 38.9 Å². The van der Waals surface area contributed by atoms with Gasteiger partial charge in [0.05, 0.1) is 15.0 Å². The lowest BCUT2D eigenvalue weighted by Crippen LogP contribution is -2.21. The molecule has 0 fully saturated rings. The van der Waals surface area contributed by atoms with E-state index in [1.165, 1.54) is 16.7 Å². The summed E-state index contributed by atoms with van der Waals surface area (Å²) < 4.78 is 35.5. The molecule has 7 nitrogen and oxygen atoms in total. The molecule has 0 spiro atoms. The van der Waals surface area contributed by atoms with Gasteiger partial charge in [0.15, 0.2) is 11.6 Å². The number of benzene rings is 2. The highest BCUT2D eigenvalue weighted by atomic mass is 32.1. The van der Waals surface area contributed by atoms with E-state index in [0.717, 1.165) is 29.5 Å². The summed E-state index contributed by atoms with van der Waals surface area (Å²) in [6, 6.07) is 9.14. The number of fused-ring (bicyclic) bond motifs is 1. The monoisotopic (exact) mass is 509 g/mol. The van der Waals surface area contributed by atoms with Gasteiger partial charge >= 0.3 is 0 Å². The van der Waals surface area contributed by atoms with E-state index in [4.69, 9.17) is 4.74 Å². The number of rotatable bonds is 7. The first kappa shape index (κ1) is 24.8. The van der Waals surface area contributed by atoms with E-state index < -0.39 is 17.5 Å². The number of ether oxygens (including phenoxy) is 1. The van der Waals surface area contributed by atoms with Crippen LogP contribution in [0, 0.1) is 11.6 Å². The van der Waals surface area contributed by atoms with Crippen molar-refractivity contribution in [3.63, 3.8) is 0 Å². The topological polar surface area (TPSA) is 89.4 Å². The summed E-state index contributed by atoms with van der Waals surface area (Å²) in [7, 11) is 1.57. The third-order valence-corrected chi connectivity index (χ3v) is 6.41. The number of carbonyl (C=O) groups excluding carboxylic acids is 2. The molecular formula is C26H21F2N3O4S. The normalized spacial score (nSPS) is 10.8. The molecule has 0 aliphatic carbocycles. The van der Waals surface area contributed by atoms with Crippen LogP contribution in [0.25, 0.3) is 21.2 Å². The SMILES string of the molecule is C=CC(=O)Nc1ccc(Oc2ccc(F)cc2F)c(-c2cn(C)c(=O)c3cc(C(=O)NCC)sc23)c1. The molecule has 0 saturated carbocycles. The molecule has 2 heterocycles. The molecular weight excluding hydrogens is 488 g/mol. The number of halogens is 2. The van der Waals surface area contributed by atoms with Gasteiger partial charge < -0.3 is 19.9 Å². The summed E-state index contributed by atoms with van der Waals surface area (Å²) in [5.74, 6) is -2.44. The van der Waals surface area contributed by atoms with Gasteiger partial charge in [0.2, 0.25) is 5.91 Å². The van der Waals surface area contributed by atoms with Crippen LogP contribution in [0.5, 0.6) is 11.5 Å². The maximum atomic E-state index is 14.4. The second kappa shape index (κ2) is 10.1. The summed E-state index contributed by atoms with van der Waals surface area (Å²) in [4.78, 5) is 37.6. The third kappa shape index (κ3) is 4.89. The van der Waals surface area contributed by atoms with Crippen molar-refractivity contribution in [1.29, 1.82) is 0 Å². The minimum absolute atomic E-state index is 0.185. The van der Waals surface area contributed by atoms with Crippen molar-refractivity contribution in [3.8, 4) is 22.6 Å². The minimum Gasteiger partial charge on any atom is -0.454 e. The lowest BCUT2D eigenvalue weighted by molar-refractivity contribution is -0.111. The zero-order valence-corrected chi connectivity index (χ0v) is 20.2. The fraction of sp³-hybridized carbons (Fsp3) is 0.115. The minimum atomic E-state index is -0.898. The number of aromatic nitrogens is 1. The molecule has 0 bridgehead atoms. The van der Waals surface area contributed by atoms with Crippen LogP contribution >= 0.6 is 11.3 Å². The summed E-state index contributed by atoms with van der Waals surface area (Å²) in [5, 5.41) is 5.70. The molecule has 0 unspecified atom stereocenters. The highest BCUT2D eigenvalue weighted by Crippen LogP contribution is 2.41. The first-order chi connectivity index (χ1) is 17.2. The fourth-order valence-electron chi connectivity index (χ4n) is 3.58. The molecule has 4 aromatic rings. The summed E-state index contributed by atoms with van der Waals surface area (Å²) in [6.45, 7) is 5.65. The van der Waals surface area contributed by atoms with E-state index in [1.54, 1.807) is 32.3 Å². The van der Waals surface area contributed by atoms with Gasteiger partial charge in [0.25, 0.3) is 11.5 Å². The van der Waals surface area contributed by atoms with Crippen molar-refractivity contribution in [2.45, 2.75) is 6.92 Å². The second-order valence-corrected chi connectivity index (χ2v) is 8.81. The molecule has 0 aliphatic heterocycles. The Labute approximate surface area is 208 Å². The van der Waals surface area contributed by atoms with Gasteiger partial charge in [-0.2, -0.15) is 0 Å². The first-order valence-electron chi connectivity index (χ1n) is 10.8. The zero-order chi connectivity index (χ0) is 26.0. The number of carbonyl (C=O) groups is 2. The van der Waals surface area contributed by atoms with Crippen LogP contribution < -0.4 is 20.9 Å². The highest BCUT2D eigenvalue weighted by molar-refractivity contribution is 7.21. The average Bonchev–Trinajstić information content (AvgIpc) is 3.30. The summed E-state index contributed by atoms with van der Waals surface area (Å²) >= 11 is 1.13. The number of hydrogen-bond acceptors (Lipinski definition) is 5. The molecule has 2 amide bonds. The second-order valence-electron chi connectivity index (χ2n) is 7.75. The van der Waals surface area contributed by atoms with Crippen LogP contribution in [-0.2, 0) is 11.8 Å². The Bertz CT molecular complexity index is 1580. The summed E-state index contributed by atoms with van der Waals surface area (Å²) in [6.07, 6.45) is 2.69. The molecule has 36 heavy (non-hydrogen) atoms. The lowest BCUT2D eigenvalue weighted by atomic mass is 10.0. The van der Waals surface area contributed by atoms with Gasteiger partial charge in [-0.05, 0) is 49.4 Å². The predicted molar refractivity (Wildman–Crippen MR) is 136 cm³/mol. The Hall–Kier alpha value is -4.31. The van der Waals surface area contributed by atoms with Crippen molar-refractivity contribution in [2.75, 3.05) is 11.9 Å². The Balaban J connectivity index is 1.95. The Morgan fingerprint density at radius 1 is 1.11 bits per heavy atom. The third-order valence-electron chi connectivity index (χ3n) is 5.25. The number of aryl methyl sites for hydroxylation is 1. The van der Waals surface area contributed by atoms with Crippen molar-refractivity contribution in [2.24, 2.45) is 7.05 Å². The molecule has 2 N–H and O–H groups in total. The van der Waals surface area contributed by atoms with Crippen molar-refractivity contribution in [1.82, 2.24) is 9.88 Å². The number of nitrogens with one attached hydrogen (secondary N) is 2. The first-order valence-corrected chi connectivity index (χ1v) is 11.7. The molecule has 4 rings (SSSR count). The molecule has 2 aromatic heterocycles. The van der Waals surface area contributed by atoms with Gasteiger partial charge in [0.1, 0.15) is 11.6 Å². The van der Waals surface area contributed by atoms with E-state index >= 15 is 0 Å². The van der Waals surface area contributed by atoms with E-state index in [0.29, 0.717) is 44.4 Å². The van der Waals surface area contributed by atoms with E-state index in [1.807, 2.05) is 0 Å². The van der Waals surface area contributed by atoms with E-state index in [2.05, 4.69) is 17.2 Å². The van der Waals surface area contributed by atoms with Gasteiger partial charge in [-0.25, -0.2) is 8.78 Å². The van der Waals surface area contributed by atoms with E-state index in [9.17, 15) is 23.2 Å². The molecule has 2 aromatic carbocycles. The molecule has 10 heteroatoms. The van der Waals surface area contributed by atoms with Crippen LogP contribution in [0.4, 0.5) is 14.5 Å². The van der Waals surface area contributed by atoms with Crippen molar-refractivity contribution in [3.05, 3.63) is 88.2 Å². The van der Waals surface area contributed by atoms with Gasteiger partial charge in [-0.15, -0.1) is 11.3 Å². The fourth-order valence-corrected chi connectivity index (χ4v) is 4.67. The largest absolute Gasteiger partial charge is 0.454 e. The quantitative estimate of drug-likeness (QED) is 0.335. The van der Waals surface area contributed by atoms with Gasteiger partial charge in [0, 0.05) is 42.7 Å². The molecule has 0 saturated heterocycles. The molecule has 184 valence electrons. The van der Waals surface area contributed by atoms with Crippen molar-refractivity contribution < 1.29 is 23.1 Å². The zero-order valence-electron chi connectivity index (χ0n) is 19.4. The lowest BCUT2D eigenvalue weighted by Gasteiger charge is -2.15. The Morgan fingerprint density at radius 2 is 1.86 bits per heavy atom. The van der Waals surface area contributed by atoms with E-state index in [-0.39, 0.29) is 23.0 Å². The van der Waals surface area contributed by atoms with Crippen LogP contribution in [0.15, 0.2) is 66.1 Å². The van der Waals surface area contributed by atoms with Crippen LogP contribution in [0.3, 0.4) is 0 Å². The Kier molecular flexibility index (Phi) is 6.98. The number of anilines is 1. The van der Waals surface area contributed by atoms with Gasteiger partial charge in [-0.3, -0.25) is 14.4 Å². The average molecular weight is 510 g/mol. The maximum absolute atomic E-state index is 14.4. The standard InChI is InChI=1S/C26H21F2N3O4S/c1-4-23(32)30-15-7-9-20(35-21-8-6-14(27)10-19(21)28)16(11-15)18-13-31(3)26(34)17-12-22(36-24(17)18)25(33)29-5-2/h4,6-13H,1,5H2,2-3H3,(H,29,33)(H,30,32). The van der Waals surface area contributed by atoms with Crippen LogP contribution in [-0.4, -0.2) is 22.9 Å². The van der Waals surface area contributed by atoms with Gasteiger partial charge in [-0.1, -0.05) is 6.58 Å². The molecule has 0 aliphatic rings. The number of nitrogens with zero attached hydrogens (tertiary/aromatic N) is 1. The molecule has 0 radical (unpaired) electrons. The highest BCUT2D eigenvalue weighted by Gasteiger charge is 2.20. The smallest absolute Gasteiger partial charge is 0.261 e. The number of pyridine rings is 1. The number of thiophene rings is 1.